The van der Waals surface area contributed by atoms with E-state index in [1.165, 1.54) is 18.2 Å². The van der Waals surface area contributed by atoms with Crippen molar-refractivity contribution in [2.24, 2.45) is 5.92 Å². The first kappa shape index (κ1) is 14.8. The summed E-state index contributed by atoms with van der Waals surface area (Å²) >= 11 is 5.69. The highest BCUT2D eigenvalue weighted by molar-refractivity contribution is 6.31. The molecule has 0 saturated heterocycles. The third-order valence-electron chi connectivity index (χ3n) is 2.45. The number of carbonyl (C=O) groups is 1. The van der Waals surface area contributed by atoms with E-state index in [-0.39, 0.29) is 16.9 Å². The number of benzene rings is 1. The topological polar surface area (TPSA) is 38.3 Å². The van der Waals surface area contributed by atoms with Crippen molar-refractivity contribution in [3.05, 3.63) is 29.0 Å². The third-order valence-corrected chi connectivity index (χ3v) is 2.74. The van der Waals surface area contributed by atoms with Gasteiger partial charge in [-0.1, -0.05) is 25.4 Å². The molecule has 5 heteroatoms. The Hall–Kier alpha value is -1.29. The summed E-state index contributed by atoms with van der Waals surface area (Å²) in [5.41, 5.74) is 0.591. The van der Waals surface area contributed by atoms with E-state index in [4.69, 9.17) is 16.3 Å². The van der Waals surface area contributed by atoms with Crippen LogP contribution in [0.2, 0.25) is 5.02 Å². The van der Waals surface area contributed by atoms with E-state index in [9.17, 15) is 9.18 Å². The molecule has 0 bridgehead atoms. The molecule has 0 aliphatic carbocycles. The van der Waals surface area contributed by atoms with E-state index >= 15 is 0 Å². The van der Waals surface area contributed by atoms with E-state index in [1.807, 2.05) is 13.8 Å². The quantitative estimate of drug-likeness (QED) is 0.835. The summed E-state index contributed by atoms with van der Waals surface area (Å²) in [5.74, 6) is -0.764. The molecule has 0 aliphatic rings. The predicted octanol–water partition coefficient (Wildman–Crippen LogP) is 3.48. The van der Waals surface area contributed by atoms with Gasteiger partial charge in [0, 0.05) is 5.69 Å². The Morgan fingerprint density at radius 2 is 2.17 bits per heavy atom. The SMILES string of the molecule is CCOC(=O)[C@@H](Nc1ccc(F)c(Cl)c1)C(C)C. The number of anilines is 1. The summed E-state index contributed by atoms with van der Waals surface area (Å²) in [7, 11) is 0. The Morgan fingerprint density at radius 1 is 1.50 bits per heavy atom. The van der Waals surface area contributed by atoms with Gasteiger partial charge in [-0.2, -0.15) is 0 Å². The number of carbonyl (C=O) groups excluding carboxylic acids is 1. The van der Waals surface area contributed by atoms with Gasteiger partial charge in [-0.3, -0.25) is 0 Å². The lowest BCUT2D eigenvalue weighted by Gasteiger charge is -2.21. The Bertz CT molecular complexity index is 423. The molecule has 0 heterocycles. The van der Waals surface area contributed by atoms with E-state index in [1.54, 1.807) is 6.92 Å². The minimum Gasteiger partial charge on any atom is -0.464 e. The van der Waals surface area contributed by atoms with Crippen molar-refractivity contribution in [3.63, 3.8) is 0 Å². The maximum Gasteiger partial charge on any atom is 0.328 e. The molecule has 18 heavy (non-hydrogen) atoms. The van der Waals surface area contributed by atoms with E-state index in [0.29, 0.717) is 12.3 Å². The minimum absolute atomic E-state index is 0.0198. The van der Waals surface area contributed by atoms with Gasteiger partial charge in [-0.15, -0.1) is 0 Å². The second-order valence-electron chi connectivity index (χ2n) is 4.25. The highest BCUT2D eigenvalue weighted by Gasteiger charge is 2.23. The largest absolute Gasteiger partial charge is 0.464 e. The van der Waals surface area contributed by atoms with Crippen LogP contribution in [0.15, 0.2) is 18.2 Å². The van der Waals surface area contributed by atoms with Gasteiger partial charge in [0.05, 0.1) is 11.6 Å². The van der Waals surface area contributed by atoms with Crippen molar-refractivity contribution < 1.29 is 13.9 Å². The number of halogens is 2. The monoisotopic (exact) mass is 273 g/mol. The normalized spacial score (nSPS) is 12.3. The predicted molar refractivity (Wildman–Crippen MR) is 70.3 cm³/mol. The van der Waals surface area contributed by atoms with Gasteiger partial charge in [0.15, 0.2) is 0 Å². The summed E-state index contributed by atoms with van der Waals surface area (Å²) in [6, 6.07) is 3.76. The first-order chi connectivity index (χ1) is 8.45. The molecular formula is C13H17ClFNO2. The second-order valence-corrected chi connectivity index (χ2v) is 4.65. The van der Waals surface area contributed by atoms with Crippen LogP contribution in [0.4, 0.5) is 10.1 Å². The minimum atomic E-state index is -0.487. The van der Waals surface area contributed by atoms with Crippen molar-refractivity contribution >= 4 is 23.3 Å². The fraction of sp³-hybridized carbons (Fsp3) is 0.462. The zero-order valence-electron chi connectivity index (χ0n) is 10.7. The number of hydrogen-bond acceptors (Lipinski definition) is 3. The van der Waals surface area contributed by atoms with Crippen LogP contribution in [-0.2, 0) is 9.53 Å². The molecule has 0 radical (unpaired) electrons. The Balaban J connectivity index is 2.83. The number of esters is 1. The Morgan fingerprint density at radius 3 is 2.67 bits per heavy atom. The van der Waals surface area contributed by atoms with Gasteiger partial charge < -0.3 is 10.1 Å². The molecular weight excluding hydrogens is 257 g/mol. The first-order valence-electron chi connectivity index (χ1n) is 5.84. The number of nitrogens with one attached hydrogen (secondary N) is 1. The molecule has 0 aliphatic heterocycles. The molecule has 0 amide bonds. The molecule has 0 unspecified atom stereocenters. The van der Waals surface area contributed by atoms with Crippen molar-refractivity contribution in [2.75, 3.05) is 11.9 Å². The Labute approximate surface area is 111 Å². The lowest BCUT2D eigenvalue weighted by atomic mass is 10.0. The van der Waals surface area contributed by atoms with Crippen LogP contribution < -0.4 is 5.32 Å². The van der Waals surface area contributed by atoms with E-state index < -0.39 is 11.9 Å². The standard InChI is InChI=1S/C13H17ClFNO2/c1-4-18-13(17)12(8(2)3)16-9-5-6-11(15)10(14)7-9/h5-8,12,16H,4H2,1-3H3/t12-/m0/s1. The molecule has 1 rings (SSSR count). The molecule has 100 valence electrons. The second kappa shape index (κ2) is 6.59. The van der Waals surface area contributed by atoms with Gasteiger partial charge in [0.1, 0.15) is 11.9 Å². The zero-order chi connectivity index (χ0) is 13.7. The van der Waals surface area contributed by atoms with Gasteiger partial charge in [0.2, 0.25) is 0 Å². The molecule has 0 aromatic heterocycles. The van der Waals surface area contributed by atoms with Gasteiger partial charge in [-0.05, 0) is 31.0 Å². The highest BCUT2D eigenvalue weighted by Crippen LogP contribution is 2.21. The smallest absolute Gasteiger partial charge is 0.328 e. The lowest BCUT2D eigenvalue weighted by molar-refractivity contribution is -0.145. The average molecular weight is 274 g/mol. The van der Waals surface area contributed by atoms with Crippen molar-refractivity contribution in [3.8, 4) is 0 Å². The number of hydrogen-bond donors (Lipinski definition) is 1. The summed E-state index contributed by atoms with van der Waals surface area (Å²) in [6.45, 7) is 5.89. The van der Waals surface area contributed by atoms with Crippen molar-refractivity contribution in [1.29, 1.82) is 0 Å². The van der Waals surface area contributed by atoms with Crippen LogP contribution >= 0.6 is 11.6 Å². The molecule has 1 aromatic rings. The van der Waals surface area contributed by atoms with Crippen LogP contribution in [0.3, 0.4) is 0 Å². The maximum absolute atomic E-state index is 13.0. The van der Waals surface area contributed by atoms with Crippen LogP contribution in [0.5, 0.6) is 0 Å². The summed E-state index contributed by atoms with van der Waals surface area (Å²) in [5, 5.41) is 3.03. The molecule has 0 fully saturated rings. The van der Waals surface area contributed by atoms with Gasteiger partial charge in [0.25, 0.3) is 0 Å². The molecule has 3 nitrogen and oxygen atoms in total. The van der Waals surface area contributed by atoms with Crippen molar-refractivity contribution in [2.45, 2.75) is 26.8 Å². The summed E-state index contributed by atoms with van der Waals surface area (Å²) in [4.78, 5) is 11.7. The summed E-state index contributed by atoms with van der Waals surface area (Å²) in [6.07, 6.45) is 0. The molecule has 0 saturated carbocycles. The van der Waals surface area contributed by atoms with E-state index in [2.05, 4.69) is 5.32 Å². The fourth-order valence-corrected chi connectivity index (χ4v) is 1.68. The third kappa shape index (κ3) is 3.88. The van der Waals surface area contributed by atoms with E-state index in [0.717, 1.165) is 0 Å². The maximum atomic E-state index is 13.0. The van der Waals surface area contributed by atoms with Crippen LogP contribution in [0.1, 0.15) is 20.8 Å². The van der Waals surface area contributed by atoms with Crippen LogP contribution in [0.25, 0.3) is 0 Å². The summed E-state index contributed by atoms with van der Waals surface area (Å²) < 4.78 is 18.0. The molecule has 1 N–H and O–H groups in total. The Kier molecular flexibility index (Phi) is 5.41. The lowest BCUT2D eigenvalue weighted by Crippen LogP contribution is -2.36. The molecule has 0 spiro atoms. The average Bonchev–Trinajstić information content (AvgIpc) is 2.30. The molecule has 1 atom stereocenters. The number of rotatable bonds is 5. The number of ether oxygens (including phenoxy) is 1. The van der Waals surface area contributed by atoms with Gasteiger partial charge >= 0.3 is 5.97 Å². The van der Waals surface area contributed by atoms with Gasteiger partial charge in [-0.25, -0.2) is 9.18 Å². The van der Waals surface area contributed by atoms with Crippen LogP contribution in [0, 0.1) is 11.7 Å². The highest BCUT2D eigenvalue weighted by atomic mass is 35.5. The fourth-order valence-electron chi connectivity index (χ4n) is 1.50. The molecule has 1 aromatic carbocycles. The zero-order valence-corrected chi connectivity index (χ0v) is 11.4. The van der Waals surface area contributed by atoms with Crippen molar-refractivity contribution in [1.82, 2.24) is 0 Å². The first-order valence-corrected chi connectivity index (χ1v) is 6.21. The van der Waals surface area contributed by atoms with Crippen LogP contribution in [-0.4, -0.2) is 18.6 Å².